The molecule has 21 heavy (non-hydrogen) atoms. The molecular weight excluding hydrogens is 287 g/mol. The number of halogens is 3. The van der Waals surface area contributed by atoms with E-state index in [2.05, 4.69) is 10.6 Å². The van der Waals surface area contributed by atoms with Gasteiger partial charge in [-0.2, -0.15) is 13.2 Å². The van der Waals surface area contributed by atoms with Gasteiger partial charge in [-0.3, -0.25) is 9.59 Å². The van der Waals surface area contributed by atoms with E-state index in [1.807, 2.05) is 0 Å². The number of anilines is 1. The van der Waals surface area contributed by atoms with E-state index in [4.69, 9.17) is 0 Å². The summed E-state index contributed by atoms with van der Waals surface area (Å²) in [6.07, 6.45) is -4.91. The van der Waals surface area contributed by atoms with E-state index in [9.17, 15) is 22.8 Å². The molecule has 3 N–H and O–H groups in total. The van der Waals surface area contributed by atoms with Crippen LogP contribution in [-0.2, 0) is 16.1 Å². The fourth-order valence-corrected chi connectivity index (χ4v) is 1.52. The van der Waals surface area contributed by atoms with Crippen LogP contribution in [0.3, 0.4) is 0 Å². The van der Waals surface area contributed by atoms with Gasteiger partial charge in [-0.25, -0.2) is 0 Å². The van der Waals surface area contributed by atoms with E-state index in [1.165, 1.54) is 19.1 Å². The van der Waals surface area contributed by atoms with Crippen LogP contribution < -0.4 is 16.0 Å². The first-order chi connectivity index (χ1) is 9.79. The highest BCUT2D eigenvalue weighted by Gasteiger charge is 2.38. The third-order valence-electron chi connectivity index (χ3n) is 2.45. The Balaban J connectivity index is 2.45. The van der Waals surface area contributed by atoms with Crippen LogP contribution >= 0.6 is 0 Å². The highest BCUT2D eigenvalue weighted by atomic mass is 19.4. The second kappa shape index (κ2) is 7.63. The Bertz CT molecular complexity index is 504. The van der Waals surface area contributed by atoms with Crippen LogP contribution in [0.1, 0.15) is 12.5 Å². The molecule has 5 nitrogen and oxygen atoms in total. The zero-order valence-corrected chi connectivity index (χ0v) is 11.4. The molecule has 0 unspecified atom stereocenters. The SMILES string of the molecule is CC(=O)NCCNCc1cccc(NC(=O)C(F)(F)F)c1. The molecule has 1 aromatic rings. The molecular formula is C13H16F3N3O2. The van der Waals surface area contributed by atoms with E-state index in [-0.39, 0.29) is 11.6 Å². The van der Waals surface area contributed by atoms with E-state index in [0.29, 0.717) is 19.6 Å². The molecule has 0 fully saturated rings. The standard InChI is InChI=1S/C13H16F3N3O2/c1-9(20)18-6-5-17-8-10-3-2-4-11(7-10)19-12(21)13(14,15)16/h2-4,7,17H,5-6,8H2,1H3,(H,18,20)(H,19,21). The summed E-state index contributed by atoms with van der Waals surface area (Å²) in [6.45, 7) is 2.81. The average molecular weight is 303 g/mol. The lowest BCUT2D eigenvalue weighted by Crippen LogP contribution is -2.30. The minimum absolute atomic E-state index is 0.0819. The fraction of sp³-hybridized carbons (Fsp3) is 0.385. The Morgan fingerprint density at radius 2 is 1.90 bits per heavy atom. The van der Waals surface area contributed by atoms with Crippen molar-refractivity contribution in [1.82, 2.24) is 10.6 Å². The van der Waals surface area contributed by atoms with Crippen molar-refractivity contribution in [3.05, 3.63) is 29.8 Å². The quantitative estimate of drug-likeness (QED) is 0.696. The highest BCUT2D eigenvalue weighted by molar-refractivity contribution is 5.94. The predicted molar refractivity (Wildman–Crippen MR) is 71.5 cm³/mol. The van der Waals surface area contributed by atoms with Gasteiger partial charge in [0.15, 0.2) is 0 Å². The normalized spacial score (nSPS) is 11.0. The summed E-state index contributed by atoms with van der Waals surface area (Å²) in [4.78, 5) is 21.5. The Hall–Kier alpha value is -2.09. The summed E-state index contributed by atoms with van der Waals surface area (Å²) in [5, 5.41) is 7.41. The molecule has 8 heteroatoms. The zero-order valence-electron chi connectivity index (χ0n) is 11.4. The maximum absolute atomic E-state index is 12.1. The number of amides is 2. The average Bonchev–Trinajstić information content (AvgIpc) is 2.37. The summed E-state index contributed by atoms with van der Waals surface area (Å²) in [7, 11) is 0. The van der Waals surface area contributed by atoms with Crippen molar-refractivity contribution in [3.8, 4) is 0 Å². The van der Waals surface area contributed by atoms with E-state index < -0.39 is 12.1 Å². The number of hydrogen-bond acceptors (Lipinski definition) is 3. The second-order valence-electron chi connectivity index (χ2n) is 4.31. The first kappa shape index (κ1) is 17.0. The molecule has 0 saturated carbocycles. The molecule has 0 heterocycles. The first-order valence-corrected chi connectivity index (χ1v) is 6.21. The van der Waals surface area contributed by atoms with E-state index in [0.717, 1.165) is 5.56 Å². The number of benzene rings is 1. The molecule has 0 bridgehead atoms. The molecule has 2 amide bonds. The number of carbonyl (C=O) groups is 2. The predicted octanol–water partition coefficient (Wildman–Crippen LogP) is 1.41. The lowest BCUT2D eigenvalue weighted by molar-refractivity contribution is -0.167. The van der Waals surface area contributed by atoms with Gasteiger partial charge in [0.1, 0.15) is 0 Å². The molecule has 0 aliphatic heterocycles. The van der Waals surface area contributed by atoms with Crippen molar-refractivity contribution in [2.24, 2.45) is 0 Å². The van der Waals surface area contributed by atoms with Gasteiger partial charge < -0.3 is 16.0 Å². The maximum Gasteiger partial charge on any atom is 0.471 e. The van der Waals surface area contributed by atoms with Crippen LogP contribution in [0.4, 0.5) is 18.9 Å². The Morgan fingerprint density at radius 1 is 1.19 bits per heavy atom. The van der Waals surface area contributed by atoms with Crippen LogP contribution in [0.5, 0.6) is 0 Å². The summed E-state index contributed by atoms with van der Waals surface area (Å²) < 4.78 is 36.4. The number of alkyl halides is 3. The van der Waals surface area contributed by atoms with Gasteiger partial charge >= 0.3 is 12.1 Å². The van der Waals surface area contributed by atoms with Crippen LogP contribution in [0.25, 0.3) is 0 Å². The molecule has 0 aliphatic rings. The van der Waals surface area contributed by atoms with E-state index >= 15 is 0 Å². The molecule has 0 spiro atoms. The van der Waals surface area contributed by atoms with Crippen molar-refractivity contribution in [1.29, 1.82) is 0 Å². The van der Waals surface area contributed by atoms with Gasteiger partial charge in [0.25, 0.3) is 0 Å². The molecule has 0 radical (unpaired) electrons. The second-order valence-corrected chi connectivity index (χ2v) is 4.31. The van der Waals surface area contributed by atoms with Crippen molar-refractivity contribution in [2.75, 3.05) is 18.4 Å². The summed E-state index contributed by atoms with van der Waals surface area (Å²) >= 11 is 0. The number of hydrogen-bond donors (Lipinski definition) is 3. The minimum atomic E-state index is -4.91. The number of carbonyl (C=O) groups excluding carboxylic acids is 2. The summed E-state index contributed by atoms with van der Waals surface area (Å²) in [5.41, 5.74) is 0.802. The molecule has 0 atom stereocenters. The number of rotatable bonds is 6. The van der Waals surface area contributed by atoms with Crippen LogP contribution in [-0.4, -0.2) is 31.1 Å². The lowest BCUT2D eigenvalue weighted by atomic mass is 10.2. The van der Waals surface area contributed by atoms with Crippen molar-refractivity contribution in [3.63, 3.8) is 0 Å². The molecule has 1 rings (SSSR count). The third kappa shape index (κ3) is 6.75. The van der Waals surface area contributed by atoms with Crippen molar-refractivity contribution >= 4 is 17.5 Å². The van der Waals surface area contributed by atoms with E-state index in [1.54, 1.807) is 17.4 Å². The van der Waals surface area contributed by atoms with Gasteiger partial charge in [-0.05, 0) is 17.7 Å². The first-order valence-electron chi connectivity index (χ1n) is 6.21. The topological polar surface area (TPSA) is 70.2 Å². The van der Waals surface area contributed by atoms with Crippen LogP contribution in [0.2, 0.25) is 0 Å². The Morgan fingerprint density at radius 3 is 2.52 bits per heavy atom. The van der Waals surface area contributed by atoms with Crippen LogP contribution in [0, 0.1) is 0 Å². The molecule has 0 saturated heterocycles. The summed E-state index contributed by atoms with van der Waals surface area (Å²) in [6, 6.07) is 6.10. The molecule has 116 valence electrons. The summed E-state index contributed by atoms with van der Waals surface area (Å²) in [5.74, 6) is -2.13. The Kier molecular flexibility index (Phi) is 6.16. The zero-order chi connectivity index (χ0) is 15.9. The fourth-order valence-electron chi connectivity index (χ4n) is 1.52. The lowest BCUT2D eigenvalue weighted by Gasteiger charge is -2.10. The molecule has 0 aromatic heterocycles. The maximum atomic E-state index is 12.1. The van der Waals surface area contributed by atoms with Crippen molar-refractivity contribution < 1.29 is 22.8 Å². The smallest absolute Gasteiger partial charge is 0.355 e. The third-order valence-corrected chi connectivity index (χ3v) is 2.45. The monoisotopic (exact) mass is 303 g/mol. The Labute approximate surface area is 119 Å². The molecule has 0 aliphatic carbocycles. The minimum Gasteiger partial charge on any atom is -0.355 e. The largest absolute Gasteiger partial charge is 0.471 e. The van der Waals surface area contributed by atoms with Gasteiger partial charge in [0.05, 0.1) is 0 Å². The van der Waals surface area contributed by atoms with Crippen LogP contribution in [0.15, 0.2) is 24.3 Å². The van der Waals surface area contributed by atoms with Crippen molar-refractivity contribution in [2.45, 2.75) is 19.6 Å². The molecule has 1 aromatic carbocycles. The highest BCUT2D eigenvalue weighted by Crippen LogP contribution is 2.18. The van der Waals surface area contributed by atoms with Gasteiger partial charge in [-0.15, -0.1) is 0 Å². The van der Waals surface area contributed by atoms with Gasteiger partial charge in [0.2, 0.25) is 5.91 Å². The van der Waals surface area contributed by atoms with Gasteiger partial charge in [0, 0.05) is 32.2 Å². The number of nitrogens with one attached hydrogen (secondary N) is 3. The van der Waals surface area contributed by atoms with Gasteiger partial charge in [-0.1, -0.05) is 12.1 Å².